The fourth-order valence-corrected chi connectivity index (χ4v) is 1.84. The van der Waals surface area contributed by atoms with Gasteiger partial charge in [0, 0.05) is 20.6 Å². The standard InChI is InChI=1S/C17H28N4O3/c1-6-18-17(20-12-16(22)21(3)4)19-11-13(2)24-15-10-8-7-9-14(15)23-5/h7-10,13H,6,11-12H2,1-5H3,(H2,18,19,20). The zero-order valence-corrected chi connectivity index (χ0v) is 15.1. The summed E-state index contributed by atoms with van der Waals surface area (Å²) in [5.74, 6) is 1.93. The van der Waals surface area contributed by atoms with Crippen LogP contribution in [0.5, 0.6) is 11.5 Å². The first-order valence-electron chi connectivity index (χ1n) is 7.99. The van der Waals surface area contributed by atoms with Gasteiger partial charge >= 0.3 is 0 Å². The van der Waals surface area contributed by atoms with Crippen molar-refractivity contribution in [2.24, 2.45) is 4.99 Å². The molecule has 7 heteroatoms. The number of amides is 1. The number of nitrogens with one attached hydrogen (secondary N) is 2. The molecule has 0 fully saturated rings. The van der Waals surface area contributed by atoms with Crippen molar-refractivity contribution in [1.82, 2.24) is 15.5 Å². The minimum absolute atomic E-state index is 0.0504. The fraction of sp³-hybridized carbons (Fsp3) is 0.529. The van der Waals surface area contributed by atoms with Gasteiger partial charge in [-0.1, -0.05) is 12.1 Å². The highest BCUT2D eigenvalue weighted by Crippen LogP contribution is 2.26. The van der Waals surface area contributed by atoms with Crippen molar-refractivity contribution in [3.8, 4) is 11.5 Å². The third-order valence-electron chi connectivity index (χ3n) is 3.17. The van der Waals surface area contributed by atoms with Gasteiger partial charge in [0.2, 0.25) is 5.91 Å². The number of ether oxygens (including phenoxy) is 2. The van der Waals surface area contributed by atoms with E-state index in [4.69, 9.17) is 9.47 Å². The molecule has 0 heterocycles. The summed E-state index contributed by atoms with van der Waals surface area (Å²) in [7, 11) is 5.03. The first-order valence-corrected chi connectivity index (χ1v) is 7.99. The summed E-state index contributed by atoms with van der Waals surface area (Å²) in [6.45, 7) is 5.28. The maximum Gasteiger partial charge on any atom is 0.243 e. The second-order valence-corrected chi connectivity index (χ2v) is 5.44. The average molecular weight is 336 g/mol. The smallest absolute Gasteiger partial charge is 0.243 e. The molecule has 1 aromatic rings. The second kappa shape index (κ2) is 10.4. The fourth-order valence-electron chi connectivity index (χ4n) is 1.84. The highest BCUT2D eigenvalue weighted by molar-refractivity contribution is 5.84. The topological polar surface area (TPSA) is 75.2 Å². The molecule has 1 unspecified atom stereocenters. The number of carbonyl (C=O) groups excluding carboxylic acids is 1. The van der Waals surface area contributed by atoms with E-state index in [1.54, 1.807) is 21.2 Å². The molecule has 7 nitrogen and oxygen atoms in total. The zero-order chi connectivity index (χ0) is 17.9. The van der Waals surface area contributed by atoms with Crippen LogP contribution >= 0.6 is 0 Å². The molecule has 0 aliphatic rings. The van der Waals surface area contributed by atoms with Crippen molar-refractivity contribution in [1.29, 1.82) is 0 Å². The van der Waals surface area contributed by atoms with Crippen LogP contribution in [0.15, 0.2) is 29.3 Å². The molecular weight excluding hydrogens is 308 g/mol. The summed E-state index contributed by atoms with van der Waals surface area (Å²) in [6.07, 6.45) is -0.102. The highest BCUT2D eigenvalue weighted by atomic mass is 16.5. The van der Waals surface area contributed by atoms with E-state index >= 15 is 0 Å². The van der Waals surface area contributed by atoms with Crippen LogP contribution in [0.3, 0.4) is 0 Å². The first kappa shape index (κ1) is 19.6. The van der Waals surface area contributed by atoms with Gasteiger partial charge < -0.3 is 25.0 Å². The lowest BCUT2D eigenvalue weighted by molar-refractivity contribution is -0.127. The first-order chi connectivity index (χ1) is 11.5. The quantitative estimate of drug-likeness (QED) is 0.549. The van der Waals surface area contributed by atoms with Crippen LogP contribution in [0.2, 0.25) is 0 Å². The van der Waals surface area contributed by atoms with Gasteiger partial charge in [0.25, 0.3) is 0 Å². The van der Waals surface area contributed by atoms with Crippen LogP contribution in [0.25, 0.3) is 0 Å². The number of likely N-dealkylation sites (N-methyl/N-ethyl adjacent to an activating group) is 1. The minimum Gasteiger partial charge on any atom is -0.493 e. The molecule has 1 atom stereocenters. The van der Waals surface area contributed by atoms with Crippen LogP contribution in [0.1, 0.15) is 13.8 Å². The van der Waals surface area contributed by atoms with E-state index in [1.165, 1.54) is 4.90 Å². The molecule has 0 saturated carbocycles. The molecule has 0 saturated heterocycles. The van der Waals surface area contributed by atoms with E-state index in [1.807, 2.05) is 38.1 Å². The Morgan fingerprint density at radius 3 is 2.50 bits per heavy atom. The zero-order valence-electron chi connectivity index (χ0n) is 15.1. The van der Waals surface area contributed by atoms with Gasteiger partial charge in [-0.05, 0) is 26.0 Å². The lowest BCUT2D eigenvalue weighted by Gasteiger charge is -2.19. The number of methoxy groups -OCH3 is 1. The maximum atomic E-state index is 11.6. The number of para-hydroxylation sites is 2. The summed E-state index contributed by atoms with van der Waals surface area (Å²) in [4.78, 5) is 17.4. The Bertz CT molecular complexity index is 546. The van der Waals surface area contributed by atoms with E-state index in [0.29, 0.717) is 30.5 Å². The van der Waals surface area contributed by atoms with Gasteiger partial charge in [-0.25, -0.2) is 4.99 Å². The molecular formula is C17H28N4O3. The molecule has 0 spiro atoms. The van der Waals surface area contributed by atoms with Crippen LogP contribution in [0.4, 0.5) is 0 Å². The molecule has 0 aliphatic heterocycles. The SMILES string of the molecule is CCNC(=NCC(=O)N(C)C)NCC(C)Oc1ccccc1OC. The summed E-state index contributed by atoms with van der Waals surface area (Å²) in [6, 6.07) is 7.51. The number of hydrogen-bond donors (Lipinski definition) is 2. The van der Waals surface area contributed by atoms with Crippen molar-refractivity contribution >= 4 is 11.9 Å². The summed E-state index contributed by atoms with van der Waals surface area (Å²) < 4.78 is 11.2. The van der Waals surface area contributed by atoms with Gasteiger partial charge in [0.05, 0.1) is 13.7 Å². The van der Waals surface area contributed by atoms with Crippen LogP contribution in [0, 0.1) is 0 Å². The third-order valence-corrected chi connectivity index (χ3v) is 3.17. The number of nitrogens with zero attached hydrogens (tertiary/aromatic N) is 2. The molecule has 2 N–H and O–H groups in total. The molecule has 0 bridgehead atoms. The van der Waals surface area contributed by atoms with Crippen molar-refractivity contribution in [3.05, 3.63) is 24.3 Å². The van der Waals surface area contributed by atoms with Crippen LogP contribution in [-0.4, -0.2) is 63.7 Å². The monoisotopic (exact) mass is 336 g/mol. The Labute approximate surface area is 144 Å². The number of carbonyl (C=O) groups is 1. The number of hydrogen-bond acceptors (Lipinski definition) is 4. The molecule has 0 radical (unpaired) electrons. The van der Waals surface area contributed by atoms with E-state index in [9.17, 15) is 4.79 Å². The molecule has 134 valence electrons. The average Bonchev–Trinajstić information content (AvgIpc) is 2.57. The van der Waals surface area contributed by atoms with Crippen molar-refractivity contribution < 1.29 is 14.3 Å². The number of aliphatic imine (C=N–C) groups is 1. The summed E-state index contributed by atoms with van der Waals surface area (Å²) in [5.41, 5.74) is 0. The normalized spacial score (nSPS) is 12.3. The van der Waals surface area contributed by atoms with Crippen molar-refractivity contribution in [2.45, 2.75) is 20.0 Å². The Morgan fingerprint density at radius 2 is 1.92 bits per heavy atom. The molecule has 1 rings (SSSR count). The summed E-state index contributed by atoms with van der Waals surface area (Å²) in [5, 5.41) is 6.28. The Morgan fingerprint density at radius 1 is 1.25 bits per heavy atom. The third kappa shape index (κ3) is 6.76. The lowest BCUT2D eigenvalue weighted by atomic mass is 10.3. The number of benzene rings is 1. The van der Waals surface area contributed by atoms with Gasteiger partial charge in [0.1, 0.15) is 12.6 Å². The molecule has 0 aromatic heterocycles. The Balaban J connectivity index is 2.56. The second-order valence-electron chi connectivity index (χ2n) is 5.44. The Hall–Kier alpha value is -2.44. The van der Waals surface area contributed by atoms with E-state index < -0.39 is 0 Å². The van der Waals surface area contributed by atoms with Crippen molar-refractivity contribution in [3.63, 3.8) is 0 Å². The Kier molecular flexibility index (Phi) is 8.46. The molecule has 24 heavy (non-hydrogen) atoms. The number of guanidine groups is 1. The molecule has 0 aliphatic carbocycles. The highest BCUT2D eigenvalue weighted by Gasteiger charge is 2.10. The van der Waals surface area contributed by atoms with Gasteiger partial charge in [-0.3, -0.25) is 4.79 Å². The maximum absolute atomic E-state index is 11.6. The van der Waals surface area contributed by atoms with Gasteiger partial charge in [-0.15, -0.1) is 0 Å². The predicted octanol–water partition coefficient (Wildman–Crippen LogP) is 1.11. The summed E-state index contributed by atoms with van der Waals surface area (Å²) >= 11 is 0. The van der Waals surface area contributed by atoms with Crippen LogP contribution in [-0.2, 0) is 4.79 Å². The van der Waals surface area contributed by atoms with E-state index in [0.717, 1.165) is 0 Å². The largest absolute Gasteiger partial charge is 0.493 e. The van der Waals surface area contributed by atoms with E-state index in [2.05, 4.69) is 15.6 Å². The van der Waals surface area contributed by atoms with Gasteiger partial charge in [0.15, 0.2) is 17.5 Å². The van der Waals surface area contributed by atoms with E-state index in [-0.39, 0.29) is 18.6 Å². The van der Waals surface area contributed by atoms with Crippen molar-refractivity contribution in [2.75, 3.05) is 40.8 Å². The predicted molar refractivity (Wildman–Crippen MR) is 95.8 cm³/mol. The van der Waals surface area contributed by atoms with Crippen LogP contribution < -0.4 is 20.1 Å². The minimum atomic E-state index is -0.102. The van der Waals surface area contributed by atoms with Gasteiger partial charge in [-0.2, -0.15) is 0 Å². The lowest BCUT2D eigenvalue weighted by Crippen LogP contribution is -2.42. The molecule has 1 amide bonds. The molecule has 1 aromatic carbocycles. The number of rotatable bonds is 8.